The number of nitrogens with two attached hydrogens (primary N) is 1. The first-order valence-electron chi connectivity index (χ1n) is 12.5. The number of oxime groups is 1. The molecule has 1 unspecified atom stereocenters. The van der Waals surface area contributed by atoms with Crippen LogP contribution in [0.15, 0.2) is 32.3 Å². The maximum Gasteiger partial charge on any atom is 0.352 e. The number of hydrogen-bond donors (Lipinski definition) is 4. The van der Waals surface area contributed by atoms with E-state index in [1.165, 1.54) is 40.7 Å². The summed E-state index contributed by atoms with van der Waals surface area (Å²) < 4.78 is 0.820. The summed E-state index contributed by atoms with van der Waals surface area (Å²) >= 11 is 5.34. The van der Waals surface area contributed by atoms with Crippen LogP contribution in [0.3, 0.4) is 0 Å². The lowest BCUT2D eigenvalue weighted by atomic mass is 10.0. The minimum Gasteiger partial charge on any atom is -0.478 e. The van der Waals surface area contributed by atoms with Gasteiger partial charge in [-0.2, -0.15) is 0 Å². The summed E-state index contributed by atoms with van der Waals surface area (Å²) in [6.45, 7) is 4.90. The zero-order valence-electron chi connectivity index (χ0n) is 22.2. The van der Waals surface area contributed by atoms with Gasteiger partial charge < -0.3 is 31.0 Å². The average Bonchev–Trinajstić information content (AvgIpc) is 3.58. The molecule has 3 aliphatic rings. The predicted molar refractivity (Wildman–Crippen MR) is 159 cm³/mol. The molecule has 18 heteroatoms. The van der Waals surface area contributed by atoms with Gasteiger partial charge in [0.05, 0.1) is 17.1 Å². The van der Waals surface area contributed by atoms with Crippen LogP contribution in [0.5, 0.6) is 0 Å². The van der Waals surface area contributed by atoms with E-state index in [0.717, 1.165) is 39.3 Å². The molecule has 3 atom stereocenters. The van der Waals surface area contributed by atoms with Gasteiger partial charge in [0.2, 0.25) is 6.10 Å². The Kier molecular flexibility index (Phi) is 8.76. The fourth-order valence-corrected chi connectivity index (χ4v) is 8.33. The second kappa shape index (κ2) is 12.3. The number of fused-ring (bicyclic) bond motifs is 2. The Balaban J connectivity index is 1.29. The number of amides is 2. The third-order valence-electron chi connectivity index (χ3n) is 6.44. The molecule has 1 fully saturated rings. The number of aliphatic carboxylic acids is 2. The van der Waals surface area contributed by atoms with E-state index in [9.17, 15) is 24.3 Å². The van der Waals surface area contributed by atoms with Gasteiger partial charge in [0, 0.05) is 29.6 Å². The van der Waals surface area contributed by atoms with Crippen molar-refractivity contribution in [2.75, 3.05) is 23.8 Å². The molecular weight excluding hydrogens is 627 g/mol. The molecule has 0 bridgehead atoms. The number of carbonyl (C=O) groups is 4. The van der Waals surface area contributed by atoms with Crippen molar-refractivity contribution in [1.82, 2.24) is 25.1 Å². The molecule has 222 valence electrons. The van der Waals surface area contributed by atoms with E-state index in [4.69, 9.17) is 20.7 Å². The number of thioether (sulfide) groups is 2. The van der Waals surface area contributed by atoms with Crippen LogP contribution in [0.25, 0.3) is 6.08 Å². The van der Waals surface area contributed by atoms with Crippen molar-refractivity contribution >= 4 is 86.9 Å². The molecular formula is C24H25N7O7S4. The molecule has 1 saturated heterocycles. The Bertz CT molecular complexity index is 1530. The van der Waals surface area contributed by atoms with Crippen molar-refractivity contribution in [2.45, 2.75) is 42.3 Å². The summed E-state index contributed by atoms with van der Waals surface area (Å²) in [5, 5.41) is 26.3. The molecule has 5 rings (SSSR count). The molecule has 2 amide bonds. The van der Waals surface area contributed by atoms with Crippen molar-refractivity contribution < 1.29 is 34.2 Å². The lowest BCUT2D eigenvalue weighted by Gasteiger charge is -2.49. The van der Waals surface area contributed by atoms with Gasteiger partial charge in [0.25, 0.3) is 11.8 Å². The number of nitrogens with one attached hydrogen (secondary N) is 1. The summed E-state index contributed by atoms with van der Waals surface area (Å²) in [5.41, 5.74) is 6.83. The predicted octanol–water partition coefficient (Wildman–Crippen LogP) is 1.71. The Morgan fingerprint density at radius 3 is 2.79 bits per heavy atom. The highest BCUT2D eigenvalue weighted by molar-refractivity contribution is 8.01. The van der Waals surface area contributed by atoms with Crippen molar-refractivity contribution in [3.63, 3.8) is 0 Å². The van der Waals surface area contributed by atoms with E-state index < -0.39 is 41.3 Å². The SMILES string of the molecule is CCN1C=Cc2sc(SCC3=C(C(=O)O)N4C(=O)C(NC(=O)/C(=N\O[C@@H](C)C(=O)O)c5csc(N)n5)[C@H]4SC3)nc2C1. The number of β-lactam (4-membered cyclic amide) rings is 1. The smallest absolute Gasteiger partial charge is 0.352 e. The lowest BCUT2D eigenvalue weighted by molar-refractivity contribution is -0.150. The molecule has 42 heavy (non-hydrogen) atoms. The Morgan fingerprint density at radius 2 is 2.12 bits per heavy atom. The van der Waals surface area contributed by atoms with Gasteiger partial charge >= 0.3 is 11.9 Å². The number of aromatic nitrogens is 2. The number of anilines is 1. The van der Waals surface area contributed by atoms with E-state index in [0.29, 0.717) is 17.1 Å². The average molecular weight is 652 g/mol. The maximum atomic E-state index is 13.2. The normalized spacial score (nSPS) is 20.5. The van der Waals surface area contributed by atoms with E-state index in [1.54, 1.807) is 11.3 Å². The second-order valence-electron chi connectivity index (χ2n) is 9.17. The number of carboxylic acid groups (broad SMARTS) is 2. The molecule has 5 N–H and O–H groups in total. The molecule has 2 aromatic rings. The highest BCUT2D eigenvalue weighted by Gasteiger charge is 2.54. The zero-order valence-corrected chi connectivity index (χ0v) is 25.4. The molecule has 0 aliphatic carbocycles. The number of hydrogen-bond acceptors (Lipinski definition) is 14. The van der Waals surface area contributed by atoms with Crippen LogP contribution in [-0.2, 0) is 30.6 Å². The number of thiazole rings is 2. The van der Waals surface area contributed by atoms with Gasteiger partial charge in [0.15, 0.2) is 15.2 Å². The van der Waals surface area contributed by atoms with Crippen molar-refractivity contribution in [1.29, 1.82) is 0 Å². The van der Waals surface area contributed by atoms with Crippen LogP contribution in [0.2, 0.25) is 0 Å². The van der Waals surface area contributed by atoms with Crippen LogP contribution < -0.4 is 11.1 Å². The summed E-state index contributed by atoms with van der Waals surface area (Å²) in [6.07, 6.45) is 2.71. The monoisotopic (exact) mass is 651 g/mol. The largest absolute Gasteiger partial charge is 0.478 e. The zero-order chi connectivity index (χ0) is 30.1. The molecule has 0 spiro atoms. The second-order valence-corrected chi connectivity index (χ2v) is 13.4. The molecule has 0 radical (unpaired) electrons. The van der Waals surface area contributed by atoms with Gasteiger partial charge in [-0.05, 0) is 25.5 Å². The van der Waals surface area contributed by atoms with Gasteiger partial charge in [-0.25, -0.2) is 19.6 Å². The molecule has 0 aromatic carbocycles. The molecule has 5 heterocycles. The number of nitrogens with zero attached hydrogens (tertiary/aromatic N) is 5. The maximum absolute atomic E-state index is 13.2. The minimum atomic E-state index is -1.35. The first kappa shape index (κ1) is 29.9. The van der Waals surface area contributed by atoms with E-state index in [2.05, 4.69) is 27.3 Å². The van der Waals surface area contributed by atoms with Crippen molar-refractivity contribution in [3.8, 4) is 0 Å². The Labute approximate surface area is 255 Å². The van der Waals surface area contributed by atoms with E-state index in [-0.39, 0.29) is 22.2 Å². The van der Waals surface area contributed by atoms with Crippen LogP contribution in [0.4, 0.5) is 5.13 Å². The standard InChI is InChI=1S/C24H25N7O7S4/c1-3-30-5-4-14-12(6-30)27-24(42-14)41-8-11-7-39-20-16(19(33)31(20)17(11)22(36)37)28-18(32)15(13-9-40-23(25)26-13)29-38-10(2)21(34)35/h4-5,9-10,16,20H,3,6-8H2,1-2H3,(H2,25,26)(H,28,32)(H,34,35)(H,36,37)/b29-15-/t10-,16?,20+/m0/s1. The third kappa shape index (κ3) is 5.97. The Morgan fingerprint density at radius 1 is 1.33 bits per heavy atom. The number of nitrogen functional groups attached to an aromatic ring is 1. The lowest BCUT2D eigenvalue weighted by Crippen LogP contribution is -2.71. The Hall–Kier alpha value is -3.61. The molecule has 14 nitrogen and oxygen atoms in total. The van der Waals surface area contributed by atoms with Crippen molar-refractivity contribution in [3.05, 3.63) is 39.1 Å². The van der Waals surface area contributed by atoms with E-state index in [1.807, 2.05) is 12.3 Å². The topological polar surface area (TPSA) is 201 Å². The van der Waals surface area contributed by atoms with Crippen LogP contribution in [0.1, 0.15) is 30.1 Å². The van der Waals surface area contributed by atoms with Crippen LogP contribution >= 0.6 is 46.2 Å². The van der Waals surface area contributed by atoms with Gasteiger partial charge in [0.1, 0.15) is 22.8 Å². The number of carbonyl (C=O) groups excluding carboxylic acids is 2. The fourth-order valence-electron chi connectivity index (χ4n) is 4.21. The third-order valence-corrected chi connectivity index (χ3v) is 10.7. The summed E-state index contributed by atoms with van der Waals surface area (Å²) in [4.78, 5) is 67.8. The number of rotatable bonds is 11. The van der Waals surface area contributed by atoms with Crippen LogP contribution in [-0.4, -0.2) is 95.0 Å². The first-order valence-corrected chi connectivity index (χ1v) is 16.2. The van der Waals surface area contributed by atoms with Gasteiger partial charge in [-0.15, -0.1) is 34.4 Å². The number of carboxylic acids is 2. The summed E-state index contributed by atoms with van der Waals surface area (Å²) in [6, 6.07) is -1.04. The quantitative estimate of drug-likeness (QED) is 0.119. The van der Waals surface area contributed by atoms with Crippen molar-refractivity contribution in [2.24, 2.45) is 5.16 Å². The summed E-state index contributed by atoms with van der Waals surface area (Å²) in [5.74, 6) is -3.28. The molecule has 3 aliphatic heterocycles. The highest BCUT2D eigenvalue weighted by atomic mass is 32.2. The minimum absolute atomic E-state index is 0.0414. The van der Waals surface area contributed by atoms with Crippen LogP contribution in [0, 0.1) is 0 Å². The highest BCUT2D eigenvalue weighted by Crippen LogP contribution is 2.42. The first-order chi connectivity index (χ1) is 20.1. The summed E-state index contributed by atoms with van der Waals surface area (Å²) in [7, 11) is 0. The van der Waals surface area contributed by atoms with E-state index >= 15 is 0 Å². The molecule has 0 saturated carbocycles. The fraction of sp³-hybridized carbons (Fsp3) is 0.375. The van der Waals surface area contributed by atoms with Gasteiger partial charge in [-0.3, -0.25) is 14.5 Å². The molecule has 2 aromatic heterocycles. The van der Waals surface area contributed by atoms with Gasteiger partial charge in [-0.1, -0.05) is 16.9 Å².